The zero-order chi connectivity index (χ0) is 20.1. The standard InChI is InChI=1S/C20H17N5O3/c1-11-21-9-13(10-22-11)12-4-5-14-16(8-12)25(19(28)20(14,2)3)17-7-6-15(18(26)27)23-24-17/h4-10H,1-3H3,(H,26,27). The second-order valence-electron chi connectivity index (χ2n) is 7.10. The van der Waals surface area contributed by atoms with Crippen molar-refractivity contribution < 1.29 is 14.7 Å². The first kappa shape index (κ1) is 17.7. The first-order chi connectivity index (χ1) is 13.3. The molecule has 0 saturated carbocycles. The molecule has 0 spiro atoms. The number of benzene rings is 1. The average molecular weight is 375 g/mol. The molecule has 8 heteroatoms. The van der Waals surface area contributed by atoms with Crippen molar-refractivity contribution in [3.05, 3.63) is 59.8 Å². The lowest BCUT2D eigenvalue weighted by atomic mass is 9.85. The van der Waals surface area contributed by atoms with Gasteiger partial charge in [-0.3, -0.25) is 9.69 Å². The Morgan fingerprint density at radius 1 is 1.04 bits per heavy atom. The molecule has 140 valence electrons. The topological polar surface area (TPSA) is 109 Å². The molecular weight excluding hydrogens is 358 g/mol. The third-order valence-electron chi connectivity index (χ3n) is 4.86. The summed E-state index contributed by atoms with van der Waals surface area (Å²) < 4.78 is 0. The van der Waals surface area contributed by atoms with Gasteiger partial charge in [0.05, 0.1) is 11.1 Å². The molecule has 28 heavy (non-hydrogen) atoms. The largest absolute Gasteiger partial charge is 0.476 e. The molecule has 1 N–H and O–H groups in total. The van der Waals surface area contributed by atoms with Crippen LogP contribution in [0.3, 0.4) is 0 Å². The van der Waals surface area contributed by atoms with Crippen molar-refractivity contribution in [3.8, 4) is 11.1 Å². The van der Waals surface area contributed by atoms with Crippen molar-refractivity contribution in [3.63, 3.8) is 0 Å². The van der Waals surface area contributed by atoms with Gasteiger partial charge in [-0.15, -0.1) is 10.2 Å². The van der Waals surface area contributed by atoms with Crippen LogP contribution in [0, 0.1) is 6.92 Å². The van der Waals surface area contributed by atoms with Gasteiger partial charge in [-0.05, 0) is 50.1 Å². The van der Waals surface area contributed by atoms with E-state index >= 15 is 0 Å². The molecule has 1 amide bonds. The molecule has 4 rings (SSSR count). The fourth-order valence-corrected chi connectivity index (χ4v) is 3.26. The first-order valence-corrected chi connectivity index (χ1v) is 8.64. The van der Waals surface area contributed by atoms with Crippen molar-refractivity contribution in [1.82, 2.24) is 20.2 Å². The van der Waals surface area contributed by atoms with E-state index < -0.39 is 11.4 Å². The number of carboxylic acids is 1. The van der Waals surface area contributed by atoms with Crippen LogP contribution in [-0.4, -0.2) is 37.1 Å². The first-order valence-electron chi connectivity index (χ1n) is 8.64. The highest BCUT2D eigenvalue weighted by Crippen LogP contribution is 2.46. The molecule has 0 bridgehead atoms. The van der Waals surface area contributed by atoms with Crippen LogP contribution in [-0.2, 0) is 10.2 Å². The van der Waals surface area contributed by atoms with E-state index in [2.05, 4.69) is 20.2 Å². The third kappa shape index (κ3) is 2.70. The zero-order valence-electron chi connectivity index (χ0n) is 15.5. The summed E-state index contributed by atoms with van der Waals surface area (Å²) in [6, 6.07) is 8.57. The van der Waals surface area contributed by atoms with E-state index in [0.717, 1.165) is 16.7 Å². The summed E-state index contributed by atoms with van der Waals surface area (Å²) in [5, 5.41) is 16.7. The molecule has 0 unspecified atom stereocenters. The molecule has 0 radical (unpaired) electrons. The lowest BCUT2D eigenvalue weighted by molar-refractivity contribution is -0.121. The van der Waals surface area contributed by atoms with E-state index in [1.54, 1.807) is 12.4 Å². The van der Waals surface area contributed by atoms with E-state index in [1.807, 2.05) is 39.0 Å². The monoisotopic (exact) mass is 375 g/mol. The Bertz CT molecular complexity index is 1090. The van der Waals surface area contributed by atoms with E-state index in [0.29, 0.717) is 11.5 Å². The highest BCUT2D eigenvalue weighted by molar-refractivity contribution is 6.12. The molecule has 3 aromatic rings. The SMILES string of the molecule is Cc1ncc(-c2ccc3c(c2)N(c2ccc(C(=O)O)nn2)C(=O)C3(C)C)cn1. The molecule has 2 aromatic heterocycles. The van der Waals surface area contributed by atoms with Crippen LogP contribution in [0.25, 0.3) is 11.1 Å². The van der Waals surface area contributed by atoms with Crippen molar-refractivity contribution in [2.75, 3.05) is 4.90 Å². The van der Waals surface area contributed by atoms with Crippen LogP contribution in [0.15, 0.2) is 42.7 Å². The van der Waals surface area contributed by atoms with Crippen molar-refractivity contribution in [2.45, 2.75) is 26.2 Å². The number of hydrogen-bond donors (Lipinski definition) is 1. The van der Waals surface area contributed by atoms with Crippen LogP contribution >= 0.6 is 0 Å². The maximum Gasteiger partial charge on any atom is 0.356 e. The van der Waals surface area contributed by atoms with Gasteiger partial charge >= 0.3 is 5.97 Å². The number of carbonyl (C=O) groups is 2. The number of aryl methyl sites for hydroxylation is 1. The minimum atomic E-state index is -1.17. The van der Waals surface area contributed by atoms with Crippen LogP contribution in [0.1, 0.15) is 35.7 Å². The summed E-state index contributed by atoms with van der Waals surface area (Å²) in [6.45, 7) is 5.51. The van der Waals surface area contributed by atoms with Crippen LogP contribution in [0.2, 0.25) is 0 Å². The summed E-state index contributed by atoms with van der Waals surface area (Å²) in [7, 11) is 0. The van der Waals surface area contributed by atoms with E-state index in [4.69, 9.17) is 5.11 Å². The maximum atomic E-state index is 13.1. The normalized spacial score (nSPS) is 14.8. The molecule has 0 saturated heterocycles. The second kappa shape index (κ2) is 6.19. The number of fused-ring (bicyclic) bond motifs is 1. The molecule has 8 nitrogen and oxygen atoms in total. The predicted octanol–water partition coefficient (Wildman–Crippen LogP) is 2.90. The van der Waals surface area contributed by atoms with E-state index in [1.165, 1.54) is 17.0 Å². The Kier molecular flexibility index (Phi) is 3.92. The average Bonchev–Trinajstić information content (AvgIpc) is 2.88. The zero-order valence-corrected chi connectivity index (χ0v) is 15.5. The molecule has 1 aromatic carbocycles. The molecule has 1 aliphatic rings. The summed E-state index contributed by atoms with van der Waals surface area (Å²) in [6.07, 6.45) is 3.47. The fourth-order valence-electron chi connectivity index (χ4n) is 3.26. The minimum absolute atomic E-state index is 0.155. The van der Waals surface area contributed by atoms with Crippen molar-refractivity contribution in [1.29, 1.82) is 0 Å². The van der Waals surface area contributed by atoms with Gasteiger partial charge in [0.1, 0.15) is 5.82 Å². The minimum Gasteiger partial charge on any atom is -0.476 e. The number of carboxylic acid groups (broad SMARTS) is 1. The highest BCUT2D eigenvalue weighted by Gasteiger charge is 2.45. The number of nitrogens with zero attached hydrogens (tertiary/aromatic N) is 5. The Morgan fingerprint density at radius 3 is 2.36 bits per heavy atom. The lowest BCUT2D eigenvalue weighted by Gasteiger charge is -2.19. The molecule has 3 heterocycles. The van der Waals surface area contributed by atoms with Crippen LogP contribution < -0.4 is 4.90 Å². The Morgan fingerprint density at radius 2 is 1.75 bits per heavy atom. The van der Waals surface area contributed by atoms with Gasteiger partial charge in [-0.1, -0.05) is 12.1 Å². The van der Waals surface area contributed by atoms with Gasteiger partial charge in [0.25, 0.3) is 0 Å². The number of aromatic carboxylic acids is 1. The Hall–Kier alpha value is -3.68. The number of hydrogen-bond acceptors (Lipinski definition) is 6. The summed E-state index contributed by atoms with van der Waals surface area (Å²) >= 11 is 0. The van der Waals surface area contributed by atoms with Gasteiger partial charge in [-0.25, -0.2) is 14.8 Å². The Balaban J connectivity index is 1.84. The summed E-state index contributed by atoms with van der Waals surface area (Å²) in [4.78, 5) is 34.1. The van der Waals surface area contributed by atoms with E-state index in [-0.39, 0.29) is 17.4 Å². The number of carbonyl (C=O) groups excluding carboxylic acids is 1. The smallest absolute Gasteiger partial charge is 0.356 e. The van der Waals surface area contributed by atoms with Gasteiger partial charge in [-0.2, -0.15) is 0 Å². The maximum absolute atomic E-state index is 13.1. The summed E-state index contributed by atoms with van der Waals surface area (Å²) in [5.74, 6) is -0.373. The quantitative estimate of drug-likeness (QED) is 0.749. The predicted molar refractivity (Wildman–Crippen MR) is 101 cm³/mol. The Labute approximate surface area is 160 Å². The van der Waals surface area contributed by atoms with Crippen LogP contribution in [0.5, 0.6) is 0 Å². The molecule has 1 aliphatic heterocycles. The molecule has 0 fully saturated rings. The number of rotatable bonds is 3. The third-order valence-corrected chi connectivity index (χ3v) is 4.86. The second-order valence-corrected chi connectivity index (χ2v) is 7.10. The number of anilines is 2. The van der Waals surface area contributed by atoms with Crippen LogP contribution in [0.4, 0.5) is 11.5 Å². The van der Waals surface area contributed by atoms with E-state index in [9.17, 15) is 9.59 Å². The lowest BCUT2D eigenvalue weighted by Crippen LogP contribution is -2.33. The number of amides is 1. The van der Waals surface area contributed by atoms with Gasteiger partial charge in [0.2, 0.25) is 5.91 Å². The summed E-state index contributed by atoms with van der Waals surface area (Å²) in [5.41, 5.74) is 2.32. The van der Waals surface area contributed by atoms with Gasteiger partial charge < -0.3 is 5.11 Å². The molecule has 0 aliphatic carbocycles. The van der Waals surface area contributed by atoms with Gasteiger partial charge in [0.15, 0.2) is 11.5 Å². The fraction of sp³-hybridized carbons (Fsp3) is 0.200. The molecule has 0 atom stereocenters. The molecular formula is C20H17N5O3. The number of aromatic nitrogens is 4. The van der Waals surface area contributed by atoms with Gasteiger partial charge in [0, 0.05) is 18.0 Å². The van der Waals surface area contributed by atoms with Crippen molar-refractivity contribution in [2.24, 2.45) is 0 Å². The highest BCUT2D eigenvalue weighted by atomic mass is 16.4. The van der Waals surface area contributed by atoms with Crippen molar-refractivity contribution >= 4 is 23.4 Å².